The van der Waals surface area contributed by atoms with Gasteiger partial charge in [-0.15, -0.1) is 0 Å². The van der Waals surface area contributed by atoms with Gasteiger partial charge in [0.1, 0.15) is 5.75 Å². The van der Waals surface area contributed by atoms with Crippen molar-refractivity contribution in [2.24, 2.45) is 10.8 Å². The molecule has 1 rings (SSSR count). The number of hydrazone groups is 1. The first kappa shape index (κ1) is 11.9. The molecule has 16 heavy (non-hydrogen) atoms. The van der Waals surface area contributed by atoms with Crippen LogP contribution >= 0.6 is 0 Å². The second-order valence-corrected chi connectivity index (χ2v) is 2.65. The Hall–Kier alpha value is -2.18. The number of alkyl halides is 2. The van der Waals surface area contributed by atoms with Gasteiger partial charge < -0.3 is 10.5 Å². The summed E-state index contributed by atoms with van der Waals surface area (Å²) in [4.78, 5) is 10.3. The minimum absolute atomic E-state index is 0.0347. The van der Waals surface area contributed by atoms with E-state index in [0.29, 0.717) is 5.56 Å². The number of halogens is 2. The molecule has 0 aliphatic carbocycles. The predicted molar refractivity (Wildman–Crippen MR) is 53.4 cm³/mol. The predicted octanol–water partition coefficient (Wildman–Crippen LogP) is 1.29. The molecule has 0 radical (unpaired) electrons. The minimum atomic E-state index is -2.92. The standard InChI is InChI=1S/C9H9F2N3O2/c10-8(11)16-7-4-2-1-3-6(7)5-13-14-9(12)15/h1-5,8H,(H3,12,14,15)/b13-5+. The van der Waals surface area contributed by atoms with Gasteiger partial charge in [-0.25, -0.2) is 10.2 Å². The number of amides is 2. The number of nitrogens with zero attached hydrogens (tertiary/aromatic N) is 1. The monoisotopic (exact) mass is 229 g/mol. The van der Waals surface area contributed by atoms with E-state index in [-0.39, 0.29) is 5.75 Å². The highest BCUT2D eigenvalue weighted by atomic mass is 19.3. The van der Waals surface area contributed by atoms with Crippen LogP contribution in [0.1, 0.15) is 5.56 Å². The number of urea groups is 1. The fourth-order valence-corrected chi connectivity index (χ4v) is 0.956. The van der Waals surface area contributed by atoms with Gasteiger partial charge in [0.25, 0.3) is 0 Å². The zero-order valence-electron chi connectivity index (χ0n) is 8.06. The van der Waals surface area contributed by atoms with E-state index in [0.717, 1.165) is 6.21 Å². The summed E-state index contributed by atoms with van der Waals surface area (Å²) >= 11 is 0. The fraction of sp³-hybridized carbons (Fsp3) is 0.111. The second-order valence-electron chi connectivity index (χ2n) is 2.65. The topological polar surface area (TPSA) is 76.7 Å². The highest BCUT2D eigenvalue weighted by Crippen LogP contribution is 2.18. The quantitative estimate of drug-likeness (QED) is 0.602. The fourth-order valence-electron chi connectivity index (χ4n) is 0.956. The van der Waals surface area contributed by atoms with Crippen LogP contribution in [0, 0.1) is 0 Å². The van der Waals surface area contributed by atoms with Crippen molar-refractivity contribution < 1.29 is 18.3 Å². The Morgan fingerprint density at radius 3 is 2.81 bits per heavy atom. The molecule has 2 amide bonds. The average Bonchev–Trinajstić information content (AvgIpc) is 2.19. The Bertz CT molecular complexity index is 396. The number of benzene rings is 1. The zero-order chi connectivity index (χ0) is 12.0. The van der Waals surface area contributed by atoms with E-state index in [1.807, 2.05) is 5.43 Å². The summed E-state index contributed by atoms with van der Waals surface area (Å²) in [6, 6.07) is 5.17. The third-order valence-corrected chi connectivity index (χ3v) is 1.51. The summed E-state index contributed by atoms with van der Waals surface area (Å²) in [5.41, 5.74) is 7.00. The van der Waals surface area contributed by atoms with E-state index >= 15 is 0 Å². The molecule has 1 aromatic carbocycles. The molecule has 0 aromatic heterocycles. The highest BCUT2D eigenvalue weighted by Gasteiger charge is 2.07. The summed E-state index contributed by atoms with van der Waals surface area (Å²) < 4.78 is 28.2. The first-order chi connectivity index (χ1) is 7.59. The number of nitrogens with two attached hydrogens (primary N) is 1. The van der Waals surface area contributed by atoms with Gasteiger partial charge in [0.2, 0.25) is 0 Å². The van der Waals surface area contributed by atoms with E-state index < -0.39 is 12.6 Å². The molecule has 7 heteroatoms. The van der Waals surface area contributed by atoms with Gasteiger partial charge >= 0.3 is 12.6 Å². The lowest BCUT2D eigenvalue weighted by molar-refractivity contribution is -0.0499. The summed E-state index contributed by atoms with van der Waals surface area (Å²) in [7, 11) is 0. The van der Waals surface area contributed by atoms with Gasteiger partial charge in [-0.3, -0.25) is 0 Å². The van der Waals surface area contributed by atoms with Crippen molar-refractivity contribution in [2.75, 3.05) is 0 Å². The van der Waals surface area contributed by atoms with Crippen molar-refractivity contribution in [2.45, 2.75) is 6.61 Å². The molecule has 0 aliphatic heterocycles. The van der Waals surface area contributed by atoms with Crippen LogP contribution in [0.5, 0.6) is 5.75 Å². The molecule has 0 heterocycles. The number of hydrogen-bond acceptors (Lipinski definition) is 3. The van der Waals surface area contributed by atoms with Gasteiger partial charge in [0.15, 0.2) is 0 Å². The lowest BCUT2D eigenvalue weighted by Gasteiger charge is -2.06. The number of rotatable bonds is 4. The molecular weight excluding hydrogens is 220 g/mol. The number of para-hydroxylation sites is 1. The van der Waals surface area contributed by atoms with E-state index in [9.17, 15) is 13.6 Å². The number of ether oxygens (including phenoxy) is 1. The summed E-state index contributed by atoms with van der Waals surface area (Å²) in [5, 5.41) is 3.43. The first-order valence-corrected chi connectivity index (χ1v) is 4.22. The number of primary amides is 1. The molecule has 0 saturated heterocycles. The molecule has 0 atom stereocenters. The molecule has 0 bridgehead atoms. The van der Waals surface area contributed by atoms with E-state index in [1.54, 1.807) is 6.07 Å². The smallest absolute Gasteiger partial charge is 0.387 e. The van der Waals surface area contributed by atoms with Gasteiger partial charge in [0.05, 0.1) is 6.21 Å². The highest BCUT2D eigenvalue weighted by molar-refractivity contribution is 5.84. The Morgan fingerprint density at radius 1 is 1.50 bits per heavy atom. The van der Waals surface area contributed by atoms with Crippen LogP contribution in [0.2, 0.25) is 0 Å². The molecule has 5 nitrogen and oxygen atoms in total. The van der Waals surface area contributed by atoms with Crippen molar-refractivity contribution in [3.63, 3.8) is 0 Å². The van der Waals surface area contributed by atoms with Crippen LogP contribution in [0.15, 0.2) is 29.4 Å². The normalized spacial score (nSPS) is 10.7. The van der Waals surface area contributed by atoms with Gasteiger partial charge in [-0.05, 0) is 12.1 Å². The molecule has 3 N–H and O–H groups in total. The molecule has 0 aliphatic rings. The lowest BCUT2D eigenvalue weighted by Crippen LogP contribution is -2.24. The third-order valence-electron chi connectivity index (χ3n) is 1.51. The first-order valence-electron chi connectivity index (χ1n) is 4.22. The van der Waals surface area contributed by atoms with Crippen molar-refractivity contribution in [3.8, 4) is 5.75 Å². The Morgan fingerprint density at radius 2 is 2.19 bits per heavy atom. The molecule has 0 unspecified atom stereocenters. The molecule has 86 valence electrons. The third kappa shape index (κ3) is 3.91. The van der Waals surface area contributed by atoms with Crippen molar-refractivity contribution in [1.82, 2.24) is 5.43 Å². The van der Waals surface area contributed by atoms with E-state index in [4.69, 9.17) is 5.73 Å². The maximum absolute atomic E-state index is 12.0. The molecular formula is C9H9F2N3O2. The van der Waals surface area contributed by atoms with Crippen LogP contribution in [0.3, 0.4) is 0 Å². The lowest BCUT2D eigenvalue weighted by atomic mass is 10.2. The van der Waals surface area contributed by atoms with Crippen LogP contribution < -0.4 is 15.9 Å². The van der Waals surface area contributed by atoms with Crippen LogP contribution in [-0.2, 0) is 0 Å². The van der Waals surface area contributed by atoms with Crippen LogP contribution in [0.4, 0.5) is 13.6 Å². The summed E-state index contributed by atoms with van der Waals surface area (Å²) in [6.07, 6.45) is 1.16. The van der Waals surface area contributed by atoms with Crippen molar-refractivity contribution in [1.29, 1.82) is 0 Å². The van der Waals surface area contributed by atoms with Gasteiger partial charge in [-0.2, -0.15) is 13.9 Å². The number of nitrogens with one attached hydrogen (secondary N) is 1. The van der Waals surface area contributed by atoms with Gasteiger partial charge in [-0.1, -0.05) is 12.1 Å². The molecule has 0 saturated carbocycles. The summed E-state index contributed by atoms with van der Waals surface area (Å²) in [5.74, 6) is -0.0347. The number of hydrogen-bond donors (Lipinski definition) is 2. The second kappa shape index (κ2) is 5.64. The van der Waals surface area contributed by atoms with Gasteiger partial charge in [0, 0.05) is 5.56 Å². The molecule has 0 spiro atoms. The maximum atomic E-state index is 12.0. The Balaban J connectivity index is 2.78. The number of carbonyl (C=O) groups is 1. The average molecular weight is 229 g/mol. The zero-order valence-corrected chi connectivity index (χ0v) is 8.06. The number of carbonyl (C=O) groups excluding carboxylic acids is 1. The van der Waals surface area contributed by atoms with Crippen LogP contribution in [0.25, 0.3) is 0 Å². The molecule has 0 fully saturated rings. The largest absolute Gasteiger partial charge is 0.434 e. The summed E-state index contributed by atoms with van der Waals surface area (Å²) in [6.45, 7) is -2.92. The van der Waals surface area contributed by atoms with E-state index in [2.05, 4.69) is 9.84 Å². The SMILES string of the molecule is NC(=O)N/N=C/c1ccccc1OC(F)F. The van der Waals surface area contributed by atoms with Crippen molar-refractivity contribution in [3.05, 3.63) is 29.8 Å². The van der Waals surface area contributed by atoms with Crippen molar-refractivity contribution >= 4 is 12.2 Å². The Labute approximate surface area is 89.9 Å². The maximum Gasteiger partial charge on any atom is 0.387 e. The Kier molecular flexibility index (Phi) is 4.19. The van der Waals surface area contributed by atoms with Crippen LogP contribution in [-0.4, -0.2) is 18.9 Å². The minimum Gasteiger partial charge on any atom is -0.434 e. The molecule has 1 aromatic rings. The van der Waals surface area contributed by atoms with E-state index in [1.165, 1.54) is 18.2 Å².